The lowest BCUT2D eigenvalue weighted by Gasteiger charge is -2.14. The number of hydrogen-bond donors (Lipinski definition) is 2. The van der Waals surface area contributed by atoms with Gasteiger partial charge in [-0.1, -0.05) is 24.3 Å². The second kappa shape index (κ2) is 5.31. The molecule has 0 spiro atoms. The van der Waals surface area contributed by atoms with Crippen molar-refractivity contribution in [2.75, 3.05) is 13.2 Å². The molecule has 4 heteroatoms. The maximum absolute atomic E-state index is 10.9. The summed E-state index contributed by atoms with van der Waals surface area (Å²) >= 11 is 0. The predicted molar refractivity (Wildman–Crippen MR) is 70.9 cm³/mol. The first kappa shape index (κ1) is 12.6. The van der Waals surface area contributed by atoms with Crippen molar-refractivity contribution in [2.24, 2.45) is 5.92 Å². The van der Waals surface area contributed by atoms with Gasteiger partial charge < -0.3 is 15.2 Å². The highest BCUT2D eigenvalue weighted by atomic mass is 16.5. The molecule has 0 radical (unpaired) electrons. The molecule has 3 atom stereocenters. The Hall–Kier alpha value is -1.39. The molecule has 2 heterocycles. The van der Waals surface area contributed by atoms with Crippen LogP contribution in [0, 0.1) is 5.92 Å². The van der Waals surface area contributed by atoms with Gasteiger partial charge in [0.05, 0.1) is 12.0 Å². The summed E-state index contributed by atoms with van der Waals surface area (Å²) in [7, 11) is 0. The van der Waals surface area contributed by atoms with E-state index in [1.165, 1.54) is 11.1 Å². The first-order valence-electron chi connectivity index (χ1n) is 6.91. The lowest BCUT2D eigenvalue weighted by molar-refractivity contribution is -0.141. The molecule has 1 aromatic carbocycles. The number of carbonyl (C=O) groups is 1. The third kappa shape index (κ3) is 2.65. The Morgan fingerprint density at radius 3 is 2.58 bits per heavy atom. The maximum atomic E-state index is 10.9. The van der Waals surface area contributed by atoms with Crippen molar-refractivity contribution in [1.82, 2.24) is 5.32 Å². The van der Waals surface area contributed by atoms with Crippen LogP contribution in [0.2, 0.25) is 0 Å². The van der Waals surface area contributed by atoms with E-state index in [4.69, 9.17) is 9.84 Å². The smallest absolute Gasteiger partial charge is 0.307 e. The van der Waals surface area contributed by atoms with Crippen LogP contribution >= 0.6 is 0 Å². The molecule has 4 nitrogen and oxygen atoms in total. The quantitative estimate of drug-likeness (QED) is 0.876. The lowest BCUT2D eigenvalue weighted by atomic mass is 9.98. The van der Waals surface area contributed by atoms with E-state index in [1.807, 2.05) is 0 Å². The number of nitrogens with one attached hydrogen (secondary N) is 1. The van der Waals surface area contributed by atoms with Gasteiger partial charge in [0.15, 0.2) is 0 Å². The number of carboxylic acid groups (broad SMARTS) is 1. The SMILES string of the molecule is O=C(O)C1CNC(c2ccc(C3CCCO3)cc2)C1. The maximum Gasteiger partial charge on any atom is 0.307 e. The van der Waals surface area contributed by atoms with Gasteiger partial charge in [-0.3, -0.25) is 4.79 Å². The molecule has 0 aliphatic carbocycles. The summed E-state index contributed by atoms with van der Waals surface area (Å²) in [5.74, 6) is -0.964. The summed E-state index contributed by atoms with van der Waals surface area (Å²) in [6.07, 6.45) is 3.16. The fourth-order valence-corrected chi connectivity index (χ4v) is 2.96. The van der Waals surface area contributed by atoms with Crippen LogP contribution in [0.15, 0.2) is 24.3 Å². The monoisotopic (exact) mass is 261 g/mol. The highest BCUT2D eigenvalue weighted by molar-refractivity contribution is 5.70. The highest BCUT2D eigenvalue weighted by Crippen LogP contribution is 2.31. The molecule has 3 rings (SSSR count). The van der Waals surface area contributed by atoms with Crippen molar-refractivity contribution in [1.29, 1.82) is 0 Å². The van der Waals surface area contributed by atoms with Crippen LogP contribution in [-0.2, 0) is 9.53 Å². The van der Waals surface area contributed by atoms with Gasteiger partial charge in [-0.2, -0.15) is 0 Å². The topological polar surface area (TPSA) is 58.6 Å². The van der Waals surface area contributed by atoms with Gasteiger partial charge in [0.1, 0.15) is 0 Å². The number of benzene rings is 1. The zero-order valence-electron chi connectivity index (χ0n) is 10.8. The molecule has 2 N–H and O–H groups in total. The molecule has 1 aromatic rings. The van der Waals surface area contributed by atoms with Crippen molar-refractivity contribution < 1.29 is 14.6 Å². The van der Waals surface area contributed by atoms with Gasteiger partial charge in [0.2, 0.25) is 0 Å². The first-order valence-corrected chi connectivity index (χ1v) is 6.91. The Morgan fingerprint density at radius 2 is 2.00 bits per heavy atom. The molecule has 102 valence electrons. The van der Waals surface area contributed by atoms with Gasteiger partial charge >= 0.3 is 5.97 Å². The zero-order chi connectivity index (χ0) is 13.2. The van der Waals surface area contributed by atoms with Crippen LogP contribution in [0.25, 0.3) is 0 Å². The van der Waals surface area contributed by atoms with Gasteiger partial charge in [-0.05, 0) is 30.4 Å². The van der Waals surface area contributed by atoms with E-state index in [9.17, 15) is 4.79 Å². The molecule has 0 saturated carbocycles. The molecule has 3 unspecified atom stereocenters. The number of aliphatic carboxylic acids is 1. The van der Waals surface area contributed by atoms with Crippen LogP contribution in [0.5, 0.6) is 0 Å². The standard InChI is InChI=1S/C15H19NO3/c17-15(18)12-8-13(16-9-12)10-3-5-11(6-4-10)14-2-1-7-19-14/h3-6,12-14,16H,1-2,7-9H2,(H,17,18). The average Bonchev–Trinajstić information content (AvgIpc) is 3.11. The Bertz CT molecular complexity index is 451. The fraction of sp³-hybridized carbons (Fsp3) is 0.533. The van der Waals surface area contributed by atoms with Crippen molar-refractivity contribution in [3.05, 3.63) is 35.4 Å². The van der Waals surface area contributed by atoms with E-state index in [0.717, 1.165) is 19.4 Å². The van der Waals surface area contributed by atoms with E-state index in [0.29, 0.717) is 13.0 Å². The van der Waals surface area contributed by atoms with E-state index < -0.39 is 5.97 Å². The summed E-state index contributed by atoms with van der Waals surface area (Å²) < 4.78 is 5.66. The highest BCUT2D eigenvalue weighted by Gasteiger charge is 2.30. The molecular formula is C15H19NO3. The molecule has 0 aromatic heterocycles. The van der Waals surface area contributed by atoms with E-state index >= 15 is 0 Å². The summed E-state index contributed by atoms with van der Waals surface area (Å²) in [6.45, 7) is 1.42. The Kier molecular flexibility index (Phi) is 3.53. The van der Waals surface area contributed by atoms with E-state index in [-0.39, 0.29) is 18.1 Å². The third-order valence-electron chi connectivity index (χ3n) is 4.12. The van der Waals surface area contributed by atoms with Crippen molar-refractivity contribution >= 4 is 5.97 Å². The lowest BCUT2D eigenvalue weighted by Crippen LogP contribution is -2.17. The van der Waals surface area contributed by atoms with Crippen LogP contribution in [0.4, 0.5) is 0 Å². The van der Waals surface area contributed by atoms with Gasteiger partial charge in [0, 0.05) is 19.2 Å². The van der Waals surface area contributed by atoms with Crippen LogP contribution < -0.4 is 5.32 Å². The summed E-state index contributed by atoms with van der Waals surface area (Å²) in [6, 6.07) is 8.58. The molecule has 0 amide bonds. The molecule has 2 saturated heterocycles. The number of rotatable bonds is 3. The Labute approximate surface area is 112 Å². The molecule has 2 fully saturated rings. The number of ether oxygens (including phenoxy) is 1. The minimum Gasteiger partial charge on any atom is -0.481 e. The largest absolute Gasteiger partial charge is 0.481 e. The fourth-order valence-electron chi connectivity index (χ4n) is 2.96. The van der Waals surface area contributed by atoms with E-state index in [2.05, 4.69) is 29.6 Å². The summed E-state index contributed by atoms with van der Waals surface area (Å²) in [4.78, 5) is 10.9. The summed E-state index contributed by atoms with van der Waals surface area (Å²) in [5, 5.41) is 12.3. The van der Waals surface area contributed by atoms with Crippen molar-refractivity contribution in [3.63, 3.8) is 0 Å². The summed E-state index contributed by atoms with van der Waals surface area (Å²) in [5.41, 5.74) is 2.40. The average molecular weight is 261 g/mol. The number of carboxylic acids is 1. The van der Waals surface area contributed by atoms with Crippen LogP contribution in [-0.4, -0.2) is 24.2 Å². The Balaban J connectivity index is 1.67. The second-order valence-corrected chi connectivity index (χ2v) is 5.40. The minimum atomic E-state index is -0.703. The van der Waals surface area contributed by atoms with Crippen LogP contribution in [0.1, 0.15) is 42.5 Å². The van der Waals surface area contributed by atoms with Crippen LogP contribution in [0.3, 0.4) is 0 Å². The third-order valence-corrected chi connectivity index (χ3v) is 4.12. The van der Waals surface area contributed by atoms with E-state index in [1.54, 1.807) is 0 Å². The van der Waals surface area contributed by atoms with Crippen molar-refractivity contribution in [2.45, 2.75) is 31.4 Å². The zero-order valence-corrected chi connectivity index (χ0v) is 10.8. The molecule has 2 aliphatic rings. The van der Waals surface area contributed by atoms with Gasteiger partial charge in [0.25, 0.3) is 0 Å². The first-order chi connectivity index (χ1) is 9.24. The van der Waals surface area contributed by atoms with Crippen molar-refractivity contribution in [3.8, 4) is 0 Å². The molecule has 19 heavy (non-hydrogen) atoms. The predicted octanol–water partition coefficient (Wildman–Crippen LogP) is 2.27. The molecular weight excluding hydrogens is 242 g/mol. The second-order valence-electron chi connectivity index (χ2n) is 5.40. The number of hydrogen-bond acceptors (Lipinski definition) is 3. The molecule has 2 aliphatic heterocycles. The Morgan fingerprint density at radius 1 is 1.26 bits per heavy atom. The molecule has 0 bridgehead atoms. The normalized spacial score (nSPS) is 30.6. The van der Waals surface area contributed by atoms with Gasteiger partial charge in [-0.15, -0.1) is 0 Å². The van der Waals surface area contributed by atoms with Gasteiger partial charge in [-0.25, -0.2) is 0 Å². The minimum absolute atomic E-state index is 0.166.